The highest BCUT2D eigenvalue weighted by atomic mass is 35.5. The van der Waals surface area contributed by atoms with Crippen LogP contribution in [0.3, 0.4) is 0 Å². The van der Waals surface area contributed by atoms with Gasteiger partial charge in [-0.3, -0.25) is 0 Å². The average molecular weight is 382 g/mol. The number of hydrogen-bond donors (Lipinski definition) is 1. The van der Waals surface area contributed by atoms with Crippen molar-refractivity contribution in [1.29, 1.82) is 0 Å². The van der Waals surface area contributed by atoms with Crippen LogP contribution in [0.25, 0.3) is 0 Å². The SMILES string of the molecule is COc1cc(S(=O)(=O)N[C@H](c2ccc(Cl)cc2)C(F)(F)F)cnn1. The molecule has 0 aliphatic rings. The fraction of sp³-hybridized carbons (Fsp3) is 0.231. The molecule has 0 unspecified atom stereocenters. The number of benzene rings is 1. The fourth-order valence-electron chi connectivity index (χ4n) is 1.78. The molecule has 24 heavy (non-hydrogen) atoms. The minimum Gasteiger partial charge on any atom is -0.480 e. The van der Waals surface area contributed by atoms with E-state index in [1.165, 1.54) is 19.2 Å². The van der Waals surface area contributed by atoms with Gasteiger partial charge < -0.3 is 4.74 Å². The summed E-state index contributed by atoms with van der Waals surface area (Å²) >= 11 is 5.64. The molecule has 0 amide bonds. The van der Waals surface area contributed by atoms with E-state index in [4.69, 9.17) is 16.3 Å². The van der Waals surface area contributed by atoms with Gasteiger partial charge in [-0.2, -0.15) is 23.0 Å². The summed E-state index contributed by atoms with van der Waals surface area (Å²) in [5.41, 5.74) is -0.301. The van der Waals surface area contributed by atoms with E-state index >= 15 is 0 Å². The van der Waals surface area contributed by atoms with Crippen molar-refractivity contribution in [3.8, 4) is 5.88 Å². The van der Waals surface area contributed by atoms with Gasteiger partial charge in [0.1, 0.15) is 10.9 Å². The lowest BCUT2D eigenvalue weighted by molar-refractivity contribution is -0.153. The van der Waals surface area contributed by atoms with Crippen LogP contribution in [0.2, 0.25) is 5.02 Å². The van der Waals surface area contributed by atoms with Crippen LogP contribution >= 0.6 is 11.6 Å². The molecular formula is C13H11ClF3N3O3S. The number of hydrogen-bond acceptors (Lipinski definition) is 5. The summed E-state index contributed by atoms with van der Waals surface area (Å²) in [5, 5.41) is 7.08. The Morgan fingerprint density at radius 2 is 1.88 bits per heavy atom. The Labute approximate surface area is 140 Å². The fourth-order valence-corrected chi connectivity index (χ4v) is 3.06. The van der Waals surface area contributed by atoms with Crippen molar-refractivity contribution in [2.45, 2.75) is 17.1 Å². The van der Waals surface area contributed by atoms with Gasteiger partial charge in [-0.05, 0) is 17.7 Å². The lowest BCUT2D eigenvalue weighted by atomic mass is 10.1. The molecule has 0 radical (unpaired) electrons. The number of ether oxygens (including phenoxy) is 1. The van der Waals surface area contributed by atoms with Gasteiger partial charge in [0.05, 0.1) is 13.3 Å². The maximum Gasteiger partial charge on any atom is 0.408 e. The van der Waals surface area contributed by atoms with Gasteiger partial charge >= 0.3 is 6.18 Å². The maximum atomic E-state index is 13.3. The smallest absolute Gasteiger partial charge is 0.408 e. The van der Waals surface area contributed by atoms with E-state index in [0.717, 1.165) is 24.4 Å². The molecule has 0 fully saturated rings. The number of methoxy groups -OCH3 is 1. The number of rotatable bonds is 5. The molecule has 130 valence electrons. The number of nitrogens with one attached hydrogen (secondary N) is 1. The van der Waals surface area contributed by atoms with Crippen molar-refractivity contribution < 1.29 is 26.3 Å². The maximum absolute atomic E-state index is 13.3. The third-order valence-electron chi connectivity index (χ3n) is 2.93. The Morgan fingerprint density at radius 3 is 2.42 bits per heavy atom. The van der Waals surface area contributed by atoms with Crippen LogP contribution in [0.5, 0.6) is 5.88 Å². The van der Waals surface area contributed by atoms with Crippen LogP contribution < -0.4 is 9.46 Å². The molecule has 1 aromatic carbocycles. The number of aromatic nitrogens is 2. The predicted octanol–water partition coefficient (Wildman–Crippen LogP) is 2.72. The first-order valence-electron chi connectivity index (χ1n) is 6.35. The molecule has 0 saturated heterocycles. The monoisotopic (exact) mass is 381 g/mol. The van der Waals surface area contributed by atoms with Crippen molar-refractivity contribution in [2.75, 3.05) is 7.11 Å². The molecule has 2 aromatic rings. The third-order valence-corrected chi connectivity index (χ3v) is 4.57. The Hall–Kier alpha value is -1.91. The zero-order valence-corrected chi connectivity index (χ0v) is 13.7. The summed E-state index contributed by atoms with van der Waals surface area (Å²) in [4.78, 5) is -0.502. The molecule has 0 aliphatic carbocycles. The van der Waals surface area contributed by atoms with E-state index < -0.39 is 27.1 Å². The number of sulfonamides is 1. The number of halogens is 4. The first kappa shape index (κ1) is 18.4. The molecule has 0 bridgehead atoms. The normalized spacial score (nSPS) is 13.5. The molecule has 1 aromatic heterocycles. The molecule has 0 saturated carbocycles. The largest absolute Gasteiger partial charge is 0.480 e. The van der Waals surface area contributed by atoms with Gasteiger partial charge in [0.25, 0.3) is 0 Å². The van der Waals surface area contributed by atoms with Crippen LogP contribution in [0.1, 0.15) is 11.6 Å². The minimum absolute atomic E-state index is 0.145. The Kier molecular flexibility index (Phi) is 5.31. The second-order valence-corrected chi connectivity index (χ2v) is 6.73. The summed E-state index contributed by atoms with van der Waals surface area (Å²) in [5.74, 6) is -0.145. The van der Waals surface area contributed by atoms with Crippen LogP contribution in [-0.2, 0) is 10.0 Å². The summed E-state index contributed by atoms with van der Waals surface area (Å²) < 4.78 is 70.7. The summed E-state index contributed by atoms with van der Waals surface area (Å²) in [6, 6.07) is 3.17. The van der Waals surface area contributed by atoms with Crippen LogP contribution in [0.15, 0.2) is 41.4 Å². The minimum atomic E-state index is -4.86. The Morgan fingerprint density at radius 1 is 1.25 bits per heavy atom. The highest BCUT2D eigenvalue weighted by Crippen LogP contribution is 2.34. The van der Waals surface area contributed by atoms with Gasteiger partial charge in [0.2, 0.25) is 15.9 Å². The van der Waals surface area contributed by atoms with E-state index in [0.29, 0.717) is 0 Å². The second kappa shape index (κ2) is 6.91. The highest BCUT2D eigenvalue weighted by Gasteiger charge is 2.43. The van der Waals surface area contributed by atoms with Crippen molar-refractivity contribution in [2.24, 2.45) is 0 Å². The van der Waals surface area contributed by atoms with Crippen molar-refractivity contribution >= 4 is 21.6 Å². The van der Waals surface area contributed by atoms with E-state index in [9.17, 15) is 21.6 Å². The summed E-state index contributed by atoms with van der Waals surface area (Å²) in [6.07, 6.45) is -4.04. The van der Waals surface area contributed by atoms with Crippen LogP contribution in [-0.4, -0.2) is 31.9 Å². The quantitative estimate of drug-likeness (QED) is 0.861. The zero-order chi connectivity index (χ0) is 18.0. The predicted molar refractivity (Wildman–Crippen MR) is 79.2 cm³/mol. The first-order valence-corrected chi connectivity index (χ1v) is 8.21. The molecule has 1 atom stereocenters. The van der Waals surface area contributed by atoms with E-state index in [1.807, 2.05) is 0 Å². The van der Waals surface area contributed by atoms with Crippen LogP contribution in [0, 0.1) is 0 Å². The molecule has 0 spiro atoms. The lowest BCUT2D eigenvalue weighted by Gasteiger charge is -2.22. The summed E-state index contributed by atoms with van der Waals surface area (Å²) in [6.45, 7) is 0. The second-order valence-electron chi connectivity index (χ2n) is 4.58. The van der Waals surface area contributed by atoms with Gasteiger partial charge in [-0.1, -0.05) is 23.7 Å². The molecule has 1 heterocycles. The zero-order valence-electron chi connectivity index (χ0n) is 12.1. The highest BCUT2D eigenvalue weighted by molar-refractivity contribution is 7.89. The van der Waals surface area contributed by atoms with E-state index in [-0.39, 0.29) is 16.5 Å². The molecule has 1 N–H and O–H groups in total. The van der Waals surface area contributed by atoms with Crippen LogP contribution in [0.4, 0.5) is 13.2 Å². The number of alkyl halides is 3. The third kappa shape index (κ3) is 4.34. The van der Waals surface area contributed by atoms with E-state index in [2.05, 4.69) is 10.2 Å². The standard InChI is InChI=1S/C13H11ClF3N3O3S/c1-23-11-6-10(7-18-19-11)24(21,22)20-12(13(15,16)17)8-2-4-9(14)5-3-8/h2-7,12,20H,1H3/t12-/m1/s1. The molecule has 2 rings (SSSR count). The van der Waals surface area contributed by atoms with Gasteiger partial charge in [0.15, 0.2) is 0 Å². The van der Waals surface area contributed by atoms with Gasteiger partial charge in [-0.15, -0.1) is 5.10 Å². The molecular weight excluding hydrogens is 371 g/mol. The first-order chi connectivity index (χ1) is 11.1. The van der Waals surface area contributed by atoms with E-state index in [1.54, 1.807) is 4.72 Å². The molecule has 0 aliphatic heterocycles. The lowest BCUT2D eigenvalue weighted by Crippen LogP contribution is -2.38. The number of nitrogens with zero attached hydrogens (tertiary/aromatic N) is 2. The van der Waals surface area contributed by atoms with Crippen molar-refractivity contribution in [1.82, 2.24) is 14.9 Å². The Balaban J connectivity index is 2.40. The topological polar surface area (TPSA) is 81.2 Å². The Bertz CT molecular complexity index is 813. The molecule has 11 heteroatoms. The van der Waals surface area contributed by atoms with Crippen molar-refractivity contribution in [3.63, 3.8) is 0 Å². The summed E-state index contributed by atoms with van der Waals surface area (Å²) in [7, 11) is -3.30. The van der Waals surface area contributed by atoms with Gasteiger partial charge in [0, 0.05) is 11.1 Å². The van der Waals surface area contributed by atoms with Gasteiger partial charge in [-0.25, -0.2) is 8.42 Å². The average Bonchev–Trinajstić information content (AvgIpc) is 2.53. The molecule has 6 nitrogen and oxygen atoms in total. The van der Waals surface area contributed by atoms with Crippen molar-refractivity contribution in [3.05, 3.63) is 47.1 Å².